The van der Waals surface area contributed by atoms with Crippen LogP contribution in [0.15, 0.2) is 66.7 Å². The van der Waals surface area contributed by atoms with Crippen LogP contribution in [0, 0.1) is 0 Å². The Morgan fingerprint density at radius 3 is 1.50 bits per heavy atom. The van der Waals surface area contributed by atoms with E-state index in [-0.39, 0.29) is 6.10 Å². The van der Waals surface area contributed by atoms with E-state index in [4.69, 9.17) is 9.47 Å². The van der Waals surface area contributed by atoms with Gasteiger partial charge < -0.3 is 9.47 Å². The highest BCUT2D eigenvalue weighted by atomic mass is 16.5. The predicted octanol–water partition coefficient (Wildman–Crippen LogP) is 4.73. The summed E-state index contributed by atoms with van der Waals surface area (Å²) in [4.78, 5) is 0. The number of benzene rings is 2. The van der Waals surface area contributed by atoms with Gasteiger partial charge >= 0.3 is 0 Å². The van der Waals surface area contributed by atoms with Crippen molar-refractivity contribution >= 4 is 0 Å². The van der Waals surface area contributed by atoms with Crippen LogP contribution < -0.4 is 0 Å². The molecule has 20 heavy (non-hydrogen) atoms. The number of hydrogen-bond donors (Lipinski definition) is 0. The minimum absolute atomic E-state index is 0.0520. The summed E-state index contributed by atoms with van der Waals surface area (Å²) in [7, 11) is 3.37. The SMILES string of the molecule is CC.COC[C@H](OC)c1ccccc1.c1ccccc1. The molecule has 2 aromatic rings. The van der Waals surface area contributed by atoms with E-state index >= 15 is 0 Å². The molecule has 0 bridgehead atoms. The molecule has 0 aliphatic carbocycles. The molecule has 2 heteroatoms. The molecule has 0 amide bonds. The van der Waals surface area contributed by atoms with Crippen molar-refractivity contribution in [1.29, 1.82) is 0 Å². The lowest BCUT2D eigenvalue weighted by molar-refractivity contribution is 0.0275. The van der Waals surface area contributed by atoms with Crippen LogP contribution in [-0.2, 0) is 9.47 Å². The van der Waals surface area contributed by atoms with Crippen molar-refractivity contribution in [3.63, 3.8) is 0 Å². The van der Waals surface area contributed by atoms with Crippen molar-refractivity contribution in [1.82, 2.24) is 0 Å². The standard InChI is InChI=1S/C10H14O2.C6H6.C2H6/c1-11-8-10(12-2)9-6-4-3-5-7-9;1-2-4-6-5-3-1;1-2/h3-7,10H,8H2,1-2H3;1-6H;1-2H3/t10-;;/m0../s1. The van der Waals surface area contributed by atoms with Gasteiger partial charge in [-0.1, -0.05) is 80.6 Å². The maximum Gasteiger partial charge on any atom is 0.105 e. The summed E-state index contributed by atoms with van der Waals surface area (Å²) in [5.41, 5.74) is 1.15. The molecule has 0 fully saturated rings. The van der Waals surface area contributed by atoms with Crippen LogP contribution in [0.1, 0.15) is 25.5 Å². The predicted molar refractivity (Wildman–Crippen MR) is 85.9 cm³/mol. The maximum absolute atomic E-state index is 5.25. The van der Waals surface area contributed by atoms with E-state index in [2.05, 4.69) is 0 Å². The Kier molecular flexibility index (Phi) is 12.7. The first-order chi connectivity index (χ1) is 9.88. The molecule has 1 atom stereocenters. The van der Waals surface area contributed by atoms with Gasteiger partial charge in [0.05, 0.1) is 6.61 Å². The van der Waals surface area contributed by atoms with Crippen LogP contribution in [0.4, 0.5) is 0 Å². The van der Waals surface area contributed by atoms with Crippen LogP contribution in [0.2, 0.25) is 0 Å². The molecule has 0 aromatic heterocycles. The topological polar surface area (TPSA) is 18.5 Å². The lowest BCUT2D eigenvalue weighted by Gasteiger charge is -2.13. The molecule has 2 aromatic carbocycles. The summed E-state index contributed by atoms with van der Waals surface area (Å²) < 4.78 is 10.3. The fourth-order valence-electron chi connectivity index (χ4n) is 1.50. The van der Waals surface area contributed by atoms with Gasteiger partial charge in [0.25, 0.3) is 0 Å². The van der Waals surface area contributed by atoms with Crippen LogP contribution in [-0.4, -0.2) is 20.8 Å². The van der Waals surface area contributed by atoms with Crippen molar-refractivity contribution in [2.45, 2.75) is 20.0 Å². The van der Waals surface area contributed by atoms with Crippen molar-refractivity contribution in [2.75, 3.05) is 20.8 Å². The third kappa shape index (κ3) is 8.46. The average molecular weight is 274 g/mol. The van der Waals surface area contributed by atoms with Crippen LogP contribution in [0.25, 0.3) is 0 Å². The Morgan fingerprint density at radius 1 is 0.750 bits per heavy atom. The van der Waals surface area contributed by atoms with Gasteiger partial charge in [-0.25, -0.2) is 0 Å². The Labute approximate surface area is 123 Å². The summed E-state index contributed by atoms with van der Waals surface area (Å²) in [5, 5.41) is 0. The summed E-state index contributed by atoms with van der Waals surface area (Å²) in [6, 6.07) is 22.1. The molecule has 0 N–H and O–H groups in total. The van der Waals surface area contributed by atoms with Crippen molar-refractivity contribution < 1.29 is 9.47 Å². The third-order valence-electron chi connectivity index (χ3n) is 2.44. The number of hydrogen-bond acceptors (Lipinski definition) is 2. The molecule has 0 aliphatic heterocycles. The highest BCUT2D eigenvalue weighted by Gasteiger charge is 2.07. The van der Waals surface area contributed by atoms with Crippen LogP contribution in [0.3, 0.4) is 0 Å². The highest BCUT2D eigenvalue weighted by Crippen LogP contribution is 2.15. The van der Waals surface area contributed by atoms with E-state index < -0.39 is 0 Å². The number of ether oxygens (including phenoxy) is 2. The maximum atomic E-state index is 5.25. The second-order valence-corrected chi connectivity index (χ2v) is 3.75. The van der Waals surface area contributed by atoms with E-state index in [0.29, 0.717) is 6.61 Å². The summed E-state index contributed by atoms with van der Waals surface area (Å²) >= 11 is 0. The lowest BCUT2D eigenvalue weighted by Crippen LogP contribution is -2.07. The van der Waals surface area contributed by atoms with Gasteiger partial charge in [-0.05, 0) is 5.56 Å². The molecular formula is C18H26O2. The molecule has 0 radical (unpaired) electrons. The minimum atomic E-state index is 0.0520. The van der Waals surface area contributed by atoms with Gasteiger partial charge in [0.15, 0.2) is 0 Å². The molecular weight excluding hydrogens is 248 g/mol. The van der Waals surface area contributed by atoms with Gasteiger partial charge in [-0.15, -0.1) is 0 Å². The van der Waals surface area contributed by atoms with Gasteiger partial charge in [0, 0.05) is 14.2 Å². The van der Waals surface area contributed by atoms with Gasteiger partial charge in [-0.2, -0.15) is 0 Å². The fraction of sp³-hybridized carbons (Fsp3) is 0.333. The monoisotopic (exact) mass is 274 g/mol. The smallest absolute Gasteiger partial charge is 0.105 e. The van der Waals surface area contributed by atoms with E-state index in [9.17, 15) is 0 Å². The molecule has 0 saturated carbocycles. The minimum Gasteiger partial charge on any atom is -0.382 e. The first kappa shape index (κ1) is 18.4. The Bertz CT molecular complexity index is 360. The first-order valence-corrected chi connectivity index (χ1v) is 6.95. The molecule has 2 rings (SSSR count). The molecule has 0 spiro atoms. The largest absolute Gasteiger partial charge is 0.382 e. The number of methoxy groups -OCH3 is 2. The molecule has 110 valence electrons. The van der Waals surface area contributed by atoms with Crippen molar-refractivity contribution in [3.05, 3.63) is 72.3 Å². The quantitative estimate of drug-likeness (QED) is 0.802. The van der Waals surface area contributed by atoms with Crippen LogP contribution in [0.5, 0.6) is 0 Å². The zero-order valence-electron chi connectivity index (χ0n) is 13.0. The first-order valence-electron chi connectivity index (χ1n) is 6.95. The Balaban J connectivity index is 0.000000377. The highest BCUT2D eigenvalue weighted by molar-refractivity contribution is 5.17. The molecule has 0 saturated heterocycles. The normalized spacial score (nSPS) is 10.4. The molecule has 2 nitrogen and oxygen atoms in total. The van der Waals surface area contributed by atoms with E-state index in [1.807, 2.05) is 80.6 Å². The van der Waals surface area contributed by atoms with Crippen LogP contribution >= 0.6 is 0 Å². The zero-order chi connectivity index (χ0) is 15.1. The van der Waals surface area contributed by atoms with Crippen molar-refractivity contribution in [3.8, 4) is 0 Å². The molecule has 0 heterocycles. The summed E-state index contributed by atoms with van der Waals surface area (Å²) in [6.45, 7) is 4.60. The fourth-order valence-corrected chi connectivity index (χ4v) is 1.50. The summed E-state index contributed by atoms with van der Waals surface area (Å²) in [6.07, 6.45) is 0.0520. The molecule has 0 unspecified atom stereocenters. The third-order valence-corrected chi connectivity index (χ3v) is 2.44. The lowest BCUT2D eigenvalue weighted by atomic mass is 10.1. The Morgan fingerprint density at radius 2 is 1.15 bits per heavy atom. The number of rotatable bonds is 4. The van der Waals surface area contributed by atoms with Gasteiger partial charge in [-0.3, -0.25) is 0 Å². The van der Waals surface area contributed by atoms with E-state index in [1.54, 1.807) is 14.2 Å². The second kappa shape index (κ2) is 13.8. The van der Waals surface area contributed by atoms with Crippen molar-refractivity contribution in [2.24, 2.45) is 0 Å². The average Bonchev–Trinajstić information content (AvgIpc) is 2.57. The summed E-state index contributed by atoms with van der Waals surface area (Å²) in [5.74, 6) is 0. The van der Waals surface area contributed by atoms with E-state index in [1.165, 1.54) is 0 Å². The zero-order valence-corrected chi connectivity index (χ0v) is 13.0. The van der Waals surface area contributed by atoms with E-state index in [0.717, 1.165) is 5.56 Å². The Hall–Kier alpha value is -1.64. The van der Waals surface area contributed by atoms with Gasteiger partial charge in [0.1, 0.15) is 6.10 Å². The van der Waals surface area contributed by atoms with Gasteiger partial charge in [0.2, 0.25) is 0 Å². The second-order valence-electron chi connectivity index (χ2n) is 3.75. The molecule has 0 aliphatic rings.